The fourth-order valence-electron chi connectivity index (χ4n) is 2.78. The molecule has 0 atom stereocenters. The van der Waals surface area contributed by atoms with E-state index in [4.69, 9.17) is 19.9 Å². The zero-order valence-electron chi connectivity index (χ0n) is 18.5. The van der Waals surface area contributed by atoms with Crippen molar-refractivity contribution in [2.45, 2.75) is 37.5 Å². The average molecular weight is 472 g/mol. The number of nitrogens with two attached hydrogens (primary N) is 1. The molecule has 1 aromatic rings. The van der Waals surface area contributed by atoms with E-state index < -0.39 is 22.0 Å². The molecule has 0 bridgehead atoms. The Kier molecular flexibility index (Phi) is 10.7. The molecule has 0 radical (unpaired) electrons. The number of carbonyl (C=O) groups is 2. The van der Waals surface area contributed by atoms with Crippen molar-refractivity contribution in [1.29, 1.82) is 0 Å². The van der Waals surface area contributed by atoms with Crippen molar-refractivity contribution in [3.8, 4) is 5.75 Å². The molecule has 1 fully saturated rings. The van der Waals surface area contributed by atoms with Gasteiger partial charge in [0.2, 0.25) is 15.9 Å². The van der Waals surface area contributed by atoms with Crippen LogP contribution >= 0.6 is 0 Å². The summed E-state index contributed by atoms with van der Waals surface area (Å²) in [6, 6.07) is 6.43. The summed E-state index contributed by atoms with van der Waals surface area (Å²) >= 11 is 0. The van der Waals surface area contributed by atoms with Crippen LogP contribution in [-0.4, -0.2) is 71.4 Å². The Morgan fingerprint density at radius 2 is 2.00 bits per heavy atom. The zero-order valence-corrected chi connectivity index (χ0v) is 19.3. The number of hydrogen-bond acceptors (Lipinski definition) is 7. The smallest absolute Gasteiger partial charge is 0.409 e. The van der Waals surface area contributed by atoms with E-state index in [1.54, 1.807) is 19.1 Å². The highest BCUT2D eigenvalue weighted by Crippen LogP contribution is 2.29. The van der Waals surface area contributed by atoms with Gasteiger partial charge in [0.25, 0.3) is 0 Å². The normalized spacial score (nSPS) is 13.5. The van der Waals surface area contributed by atoms with Crippen LogP contribution in [0.25, 0.3) is 0 Å². The first-order valence-electron chi connectivity index (χ1n) is 10.8. The molecule has 0 aliphatic heterocycles. The Labute approximate surface area is 189 Å². The Bertz CT molecular complexity index is 844. The summed E-state index contributed by atoms with van der Waals surface area (Å²) < 4.78 is 43.5. The molecule has 1 aromatic carbocycles. The van der Waals surface area contributed by atoms with Gasteiger partial charge in [-0.2, -0.15) is 0 Å². The summed E-state index contributed by atoms with van der Waals surface area (Å²) in [5, 5.41) is 0. The number of amides is 2. The van der Waals surface area contributed by atoms with Crippen LogP contribution in [0.4, 0.5) is 4.79 Å². The molecule has 3 N–H and O–H groups in total. The Morgan fingerprint density at radius 1 is 1.22 bits per heavy atom. The van der Waals surface area contributed by atoms with Crippen molar-refractivity contribution in [3.05, 3.63) is 24.3 Å². The summed E-state index contributed by atoms with van der Waals surface area (Å²) in [5.74, 6) is 0.624. The number of hydrogen-bond donors (Lipinski definition) is 2. The van der Waals surface area contributed by atoms with Gasteiger partial charge in [0.05, 0.1) is 24.7 Å². The highest BCUT2D eigenvalue weighted by atomic mass is 32.2. The van der Waals surface area contributed by atoms with Crippen LogP contribution in [0.5, 0.6) is 5.75 Å². The molecule has 2 rings (SSSR count). The van der Waals surface area contributed by atoms with Gasteiger partial charge in [-0.05, 0) is 44.2 Å². The summed E-state index contributed by atoms with van der Waals surface area (Å²) in [4.78, 5) is 24.4. The quantitative estimate of drug-likeness (QED) is 0.349. The minimum atomic E-state index is -3.67. The minimum Gasteiger partial charge on any atom is -0.493 e. The van der Waals surface area contributed by atoms with Crippen molar-refractivity contribution in [3.63, 3.8) is 0 Å². The second kappa shape index (κ2) is 13.2. The lowest BCUT2D eigenvalue weighted by atomic mass is 10.3. The van der Waals surface area contributed by atoms with E-state index in [-0.39, 0.29) is 37.6 Å². The Balaban J connectivity index is 1.67. The molecule has 2 amide bonds. The molecule has 0 saturated heterocycles. The third kappa shape index (κ3) is 9.84. The van der Waals surface area contributed by atoms with E-state index in [1.807, 2.05) is 0 Å². The van der Waals surface area contributed by atoms with E-state index in [0.717, 1.165) is 12.8 Å². The zero-order chi connectivity index (χ0) is 23.4. The third-order valence-corrected chi connectivity index (χ3v) is 6.17. The fraction of sp³-hybridized carbons (Fsp3) is 0.619. The average Bonchev–Trinajstić information content (AvgIpc) is 3.58. The van der Waals surface area contributed by atoms with E-state index in [2.05, 4.69) is 4.72 Å². The maximum absolute atomic E-state index is 12.5. The number of ether oxygens (including phenoxy) is 3. The monoisotopic (exact) mass is 471 g/mol. The van der Waals surface area contributed by atoms with Gasteiger partial charge in [0, 0.05) is 38.7 Å². The SMILES string of the molecule is CCOC(=O)N(CCCOCCNS(=O)(=O)c1cccc(OCC2CC2)c1)CCC(N)=O. The molecule has 1 aliphatic carbocycles. The van der Waals surface area contributed by atoms with E-state index >= 15 is 0 Å². The second-order valence-corrected chi connectivity index (χ2v) is 9.26. The van der Waals surface area contributed by atoms with Crippen LogP contribution < -0.4 is 15.2 Å². The lowest BCUT2D eigenvalue weighted by Gasteiger charge is -2.21. The number of rotatable bonds is 16. The lowest BCUT2D eigenvalue weighted by molar-refractivity contribution is -0.118. The van der Waals surface area contributed by atoms with Crippen molar-refractivity contribution < 1.29 is 32.2 Å². The number of carbonyl (C=O) groups excluding carboxylic acids is 2. The largest absolute Gasteiger partial charge is 0.493 e. The van der Waals surface area contributed by atoms with E-state index in [1.165, 1.54) is 17.0 Å². The fourth-order valence-corrected chi connectivity index (χ4v) is 3.82. The second-order valence-electron chi connectivity index (χ2n) is 7.50. The van der Waals surface area contributed by atoms with Crippen LogP contribution in [0.3, 0.4) is 0 Å². The van der Waals surface area contributed by atoms with Crippen LogP contribution in [0.1, 0.15) is 32.6 Å². The molecule has 0 unspecified atom stereocenters. The van der Waals surface area contributed by atoms with Gasteiger partial charge in [0.15, 0.2) is 0 Å². The van der Waals surface area contributed by atoms with Crippen LogP contribution in [-0.2, 0) is 24.3 Å². The Hall–Kier alpha value is -2.37. The number of sulfonamides is 1. The van der Waals surface area contributed by atoms with Gasteiger partial charge >= 0.3 is 6.09 Å². The molecule has 11 heteroatoms. The molecule has 180 valence electrons. The lowest BCUT2D eigenvalue weighted by Crippen LogP contribution is -2.36. The topological polar surface area (TPSA) is 137 Å². The van der Waals surface area contributed by atoms with Gasteiger partial charge < -0.3 is 24.8 Å². The first kappa shape index (κ1) is 25.9. The number of nitrogens with one attached hydrogen (secondary N) is 1. The molecule has 1 aliphatic rings. The van der Waals surface area contributed by atoms with Crippen LogP contribution in [0, 0.1) is 5.92 Å². The molecular formula is C21H33N3O7S. The molecule has 0 aromatic heterocycles. The van der Waals surface area contributed by atoms with Gasteiger partial charge in [-0.3, -0.25) is 4.79 Å². The number of benzene rings is 1. The molecule has 0 heterocycles. The first-order chi connectivity index (χ1) is 15.3. The van der Waals surface area contributed by atoms with E-state index in [0.29, 0.717) is 37.8 Å². The van der Waals surface area contributed by atoms with Crippen molar-refractivity contribution >= 4 is 22.0 Å². The number of primary amides is 1. The first-order valence-corrected chi connectivity index (χ1v) is 12.3. The molecule has 1 saturated carbocycles. The molecule has 32 heavy (non-hydrogen) atoms. The summed E-state index contributed by atoms with van der Waals surface area (Å²) in [7, 11) is -3.67. The van der Waals surface area contributed by atoms with Crippen LogP contribution in [0.2, 0.25) is 0 Å². The summed E-state index contributed by atoms with van der Waals surface area (Å²) in [6.45, 7) is 3.67. The van der Waals surface area contributed by atoms with Crippen LogP contribution in [0.15, 0.2) is 29.2 Å². The van der Waals surface area contributed by atoms with Crippen molar-refractivity contribution in [2.75, 3.05) is 46.1 Å². The molecule has 0 spiro atoms. The molecular weight excluding hydrogens is 438 g/mol. The number of nitrogens with zero attached hydrogens (tertiary/aromatic N) is 1. The highest BCUT2D eigenvalue weighted by Gasteiger charge is 2.22. The standard InChI is InChI=1S/C21H33N3O7S/c1-2-30-21(26)24(12-9-20(22)25)11-4-13-29-14-10-23-32(27,28)19-6-3-5-18(15-19)31-16-17-7-8-17/h3,5-6,15,17,23H,2,4,7-14,16H2,1H3,(H2,22,25). The summed E-state index contributed by atoms with van der Waals surface area (Å²) in [6.07, 6.45) is 2.37. The highest BCUT2D eigenvalue weighted by molar-refractivity contribution is 7.89. The maximum atomic E-state index is 12.5. The van der Waals surface area contributed by atoms with Crippen molar-refractivity contribution in [1.82, 2.24) is 9.62 Å². The van der Waals surface area contributed by atoms with Gasteiger partial charge in [-0.25, -0.2) is 17.9 Å². The summed E-state index contributed by atoms with van der Waals surface area (Å²) in [5.41, 5.74) is 5.13. The van der Waals surface area contributed by atoms with E-state index in [9.17, 15) is 18.0 Å². The molecule has 10 nitrogen and oxygen atoms in total. The van der Waals surface area contributed by atoms with Gasteiger partial charge in [-0.15, -0.1) is 0 Å². The maximum Gasteiger partial charge on any atom is 0.409 e. The third-order valence-electron chi connectivity index (χ3n) is 4.71. The predicted molar refractivity (Wildman–Crippen MR) is 118 cm³/mol. The minimum absolute atomic E-state index is 0.0499. The van der Waals surface area contributed by atoms with Gasteiger partial charge in [0.1, 0.15) is 5.75 Å². The van der Waals surface area contributed by atoms with Crippen molar-refractivity contribution in [2.24, 2.45) is 11.7 Å². The van der Waals surface area contributed by atoms with Gasteiger partial charge in [-0.1, -0.05) is 6.07 Å². The predicted octanol–water partition coefficient (Wildman–Crippen LogP) is 1.49. The Morgan fingerprint density at radius 3 is 2.69 bits per heavy atom.